The van der Waals surface area contributed by atoms with Crippen LogP contribution < -0.4 is 9.62 Å². The molecule has 0 radical (unpaired) electrons. The number of thiophene rings is 1. The molecule has 0 spiro atoms. The van der Waals surface area contributed by atoms with E-state index in [0.717, 1.165) is 36.7 Å². The summed E-state index contributed by atoms with van der Waals surface area (Å²) in [5, 5.41) is 2.02. The molecule has 5 nitrogen and oxygen atoms in total. The fourth-order valence-corrected chi connectivity index (χ4v) is 6.32. The molecule has 4 rings (SSSR count). The Labute approximate surface area is 187 Å². The third-order valence-electron chi connectivity index (χ3n) is 5.60. The minimum atomic E-state index is -3.61. The highest BCUT2D eigenvalue weighted by Gasteiger charge is 2.32. The first-order valence-corrected chi connectivity index (χ1v) is 12.7. The Hall–Kier alpha value is -2.26. The molecule has 164 valence electrons. The fourth-order valence-electron chi connectivity index (χ4n) is 4.09. The Morgan fingerprint density at radius 3 is 2.23 bits per heavy atom. The summed E-state index contributed by atoms with van der Waals surface area (Å²) in [6.45, 7) is 5.10. The molecule has 0 bridgehead atoms. The summed E-state index contributed by atoms with van der Waals surface area (Å²) in [5.74, 6) is -0.236. The molecule has 0 saturated carbocycles. The molecule has 1 saturated heterocycles. The van der Waals surface area contributed by atoms with Gasteiger partial charge in [0, 0.05) is 42.8 Å². The summed E-state index contributed by atoms with van der Waals surface area (Å²) in [6.07, 6.45) is 0. The number of benzene rings is 2. The first-order valence-electron chi connectivity index (χ1n) is 10.3. The van der Waals surface area contributed by atoms with Crippen LogP contribution in [0.25, 0.3) is 0 Å². The maximum Gasteiger partial charge on any atom is 0.240 e. The van der Waals surface area contributed by atoms with Gasteiger partial charge in [-0.15, -0.1) is 11.3 Å². The van der Waals surface area contributed by atoms with Gasteiger partial charge in [0.2, 0.25) is 10.0 Å². The first-order chi connectivity index (χ1) is 14.9. The number of hydrogen-bond donors (Lipinski definition) is 1. The van der Waals surface area contributed by atoms with Crippen LogP contribution in [0, 0.1) is 5.82 Å². The molecular formula is C23H26FN3O2S2. The second-order valence-corrected chi connectivity index (χ2v) is 10.4. The van der Waals surface area contributed by atoms with Crippen molar-refractivity contribution < 1.29 is 12.8 Å². The van der Waals surface area contributed by atoms with Crippen LogP contribution in [0.1, 0.15) is 17.8 Å². The molecule has 1 N–H and O–H groups in total. The summed E-state index contributed by atoms with van der Waals surface area (Å²) in [7, 11) is -3.61. The van der Waals surface area contributed by atoms with Gasteiger partial charge in [-0.2, -0.15) is 0 Å². The number of piperazine rings is 1. The zero-order valence-electron chi connectivity index (χ0n) is 17.3. The van der Waals surface area contributed by atoms with Crippen molar-refractivity contribution >= 4 is 27.0 Å². The molecule has 8 heteroatoms. The van der Waals surface area contributed by atoms with Crippen molar-refractivity contribution in [3.8, 4) is 0 Å². The molecule has 1 fully saturated rings. The van der Waals surface area contributed by atoms with Crippen LogP contribution in [0.2, 0.25) is 0 Å². The van der Waals surface area contributed by atoms with E-state index >= 15 is 0 Å². The number of anilines is 1. The van der Waals surface area contributed by atoms with Crippen molar-refractivity contribution in [2.24, 2.45) is 0 Å². The molecular weight excluding hydrogens is 433 g/mol. The molecule has 0 aliphatic carbocycles. The van der Waals surface area contributed by atoms with Crippen molar-refractivity contribution in [3.05, 3.63) is 82.8 Å². The van der Waals surface area contributed by atoms with Crippen molar-refractivity contribution in [2.45, 2.75) is 23.9 Å². The summed E-state index contributed by atoms with van der Waals surface area (Å²) >= 11 is 1.64. The lowest BCUT2D eigenvalue weighted by Gasteiger charge is -2.42. The average molecular weight is 460 g/mol. The van der Waals surface area contributed by atoms with E-state index in [1.165, 1.54) is 12.1 Å². The Balaban J connectivity index is 1.49. The van der Waals surface area contributed by atoms with Gasteiger partial charge in [-0.25, -0.2) is 17.5 Å². The number of rotatable bonds is 7. The smallest absolute Gasteiger partial charge is 0.240 e. The summed E-state index contributed by atoms with van der Waals surface area (Å²) < 4.78 is 41.9. The van der Waals surface area contributed by atoms with E-state index in [9.17, 15) is 12.8 Å². The lowest BCUT2D eigenvalue weighted by molar-refractivity contribution is 0.164. The van der Waals surface area contributed by atoms with Gasteiger partial charge in [0.1, 0.15) is 5.82 Å². The molecule has 2 atom stereocenters. The minimum Gasteiger partial charge on any atom is -0.369 e. The molecule has 1 aromatic heterocycles. The lowest BCUT2D eigenvalue weighted by Crippen LogP contribution is -2.52. The highest BCUT2D eigenvalue weighted by Crippen LogP contribution is 2.31. The van der Waals surface area contributed by atoms with Gasteiger partial charge in [-0.3, -0.25) is 4.90 Å². The predicted molar refractivity (Wildman–Crippen MR) is 123 cm³/mol. The number of sulfonamides is 1. The van der Waals surface area contributed by atoms with E-state index in [0.29, 0.717) is 0 Å². The normalized spacial score (nSPS) is 17.4. The lowest BCUT2D eigenvalue weighted by atomic mass is 10.1. The van der Waals surface area contributed by atoms with Gasteiger partial charge in [0.15, 0.2) is 0 Å². The molecule has 2 heterocycles. The Morgan fingerprint density at radius 2 is 1.61 bits per heavy atom. The van der Waals surface area contributed by atoms with Crippen molar-refractivity contribution in [2.75, 3.05) is 31.1 Å². The topological polar surface area (TPSA) is 52.7 Å². The second-order valence-electron chi connectivity index (χ2n) is 7.68. The number of nitrogens with zero attached hydrogens (tertiary/aromatic N) is 2. The van der Waals surface area contributed by atoms with E-state index in [-0.39, 0.29) is 22.8 Å². The molecule has 31 heavy (non-hydrogen) atoms. The summed E-state index contributed by atoms with van der Waals surface area (Å²) in [5.41, 5.74) is 1.01. The molecule has 0 amide bonds. The predicted octanol–water partition coefficient (Wildman–Crippen LogP) is 4.12. The summed E-state index contributed by atoms with van der Waals surface area (Å²) in [4.78, 5) is 5.98. The molecule has 0 unspecified atom stereocenters. The van der Waals surface area contributed by atoms with E-state index in [4.69, 9.17) is 0 Å². The number of halogens is 1. The maximum atomic E-state index is 13.2. The van der Waals surface area contributed by atoms with Gasteiger partial charge >= 0.3 is 0 Å². The van der Waals surface area contributed by atoms with Crippen molar-refractivity contribution in [1.82, 2.24) is 9.62 Å². The van der Waals surface area contributed by atoms with Crippen LogP contribution in [0.3, 0.4) is 0 Å². The monoisotopic (exact) mass is 459 g/mol. The van der Waals surface area contributed by atoms with Crippen LogP contribution in [0.5, 0.6) is 0 Å². The Morgan fingerprint density at radius 1 is 0.935 bits per heavy atom. The third kappa shape index (κ3) is 5.15. The SMILES string of the molecule is C[C@H](NS(=O)(=O)c1ccccc1)[C@H](c1cccs1)N1CCN(c2ccc(F)cc2)CC1. The quantitative estimate of drug-likeness (QED) is 0.578. The van der Waals surface area contributed by atoms with Crippen molar-refractivity contribution in [3.63, 3.8) is 0 Å². The van der Waals surface area contributed by atoms with E-state index in [1.54, 1.807) is 53.8 Å². The molecule has 1 aliphatic rings. The van der Waals surface area contributed by atoms with Gasteiger partial charge in [0.05, 0.1) is 10.9 Å². The van der Waals surface area contributed by atoms with Crippen LogP contribution >= 0.6 is 11.3 Å². The van der Waals surface area contributed by atoms with E-state index in [2.05, 4.69) is 20.6 Å². The van der Waals surface area contributed by atoms with Gasteiger partial charge < -0.3 is 4.90 Å². The van der Waals surface area contributed by atoms with Crippen LogP contribution in [0.15, 0.2) is 77.0 Å². The zero-order chi connectivity index (χ0) is 21.8. The van der Waals surface area contributed by atoms with E-state index in [1.807, 2.05) is 18.4 Å². The van der Waals surface area contributed by atoms with Gasteiger partial charge in [0.25, 0.3) is 0 Å². The van der Waals surface area contributed by atoms with Crippen molar-refractivity contribution in [1.29, 1.82) is 0 Å². The van der Waals surface area contributed by atoms with Crippen LogP contribution in [0.4, 0.5) is 10.1 Å². The molecule has 3 aromatic rings. The highest BCUT2D eigenvalue weighted by molar-refractivity contribution is 7.89. The van der Waals surface area contributed by atoms with E-state index < -0.39 is 10.0 Å². The summed E-state index contributed by atoms with van der Waals surface area (Å²) in [6, 6.07) is 18.7. The Kier molecular flexibility index (Phi) is 6.71. The van der Waals surface area contributed by atoms with Gasteiger partial charge in [-0.05, 0) is 54.8 Å². The third-order valence-corrected chi connectivity index (χ3v) is 8.12. The standard InChI is InChI=1S/C23H26FN3O2S2/c1-18(25-31(28,29)21-6-3-2-4-7-21)23(22-8-5-17-30-22)27-15-13-26(14-16-27)20-11-9-19(24)10-12-20/h2-12,17-18,23,25H,13-16H2,1H3/t18-,23+/m0/s1. The maximum absolute atomic E-state index is 13.2. The molecule has 1 aliphatic heterocycles. The number of hydrogen-bond acceptors (Lipinski definition) is 5. The van der Waals surface area contributed by atoms with Crippen LogP contribution in [-0.4, -0.2) is 45.5 Å². The zero-order valence-corrected chi connectivity index (χ0v) is 18.9. The van der Waals surface area contributed by atoms with Gasteiger partial charge in [-0.1, -0.05) is 24.3 Å². The first kappa shape index (κ1) is 22.0. The molecule has 2 aromatic carbocycles. The van der Waals surface area contributed by atoms with Crippen LogP contribution in [-0.2, 0) is 10.0 Å². The fraction of sp³-hybridized carbons (Fsp3) is 0.304. The number of nitrogens with one attached hydrogen (secondary N) is 1. The average Bonchev–Trinajstić information content (AvgIpc) is 3.30. The second kappa shape index (κ2) is 9.48. The largest absolute Gasteiger partial charge is 0.369 e. The Bertz CT molecular complexity index is 1070. The minimum absolute atomic E-state index is 0.0612. The highest BCUT2D eigenvalue weighted by atomic mass is 32.2.